The molecule has 96 valence electrons. The second-order valence-electron chi connectivity index (χ2n) is 4.27. The van der Waals surface area contributed by atoms with E-state index in [1.807, 2.05) is 31.2 Å². The Hall–Kier alpha value is -1.77. The predicted molar refractivity (Wildman–Crippen MR) is 70.3 cm³/mol. The molecule has 0 saturated heterocycles. The largest absolute Gasteiger partial charge is 0.497 e. The first-order valence-electron chi connectivity index (χ1n) is 6.27. The van der Waals surface area contributed by atoms with Crippen molar-refractivity contribution in [3.63, 3.8) is 0 Å². The SMILES string of the molecule is CCOC(=O)C1CCC=C1c1cccc(OC)c1. The van der Waals surface area contributed by atoms with E-state index in [2.05, 4.69) is 6.08 Å². The minimum atomic E-state index is -0.128. The summed E-state index contributed by atoms with van der Waals surface area (Å²) in [6.45, 7) is 2.27. The monoisotopic (exact) mass is 246 g/mol. The van der Waals surface area contributed by atoms with Gasteiger partial charge in [0.1, 0.15) is 5.75 Å². The van der Waals surface area contributed by atoms with Gasteiger partial charge in [-0.05, 0) is 43.0 Å². The number of allylic oxidation sites excluding steroid dienone is 1. The molecule has 1 atom stereocenters. The lowest BCUT2D eigenvalue weighted by Gasteiger charge is -2.14. The number of esters is 1. The number of methoxy groups -OCH3 is 1. The van der Waals surface area contributed by atoms with E-state index < -0.39 is 0 Å². The quantitative estimate of drug-likeness (QED) is 0.766. The maximum atomic E-state index is 11.9. The number of hydrogen-bond donors (Lipinski definition) is 0. The van der Waals surface area contributed by atoms with Gasteiger partial charge in [0.15, 0.2) is 0 Å². The first-order chi connectivity index (χ1) is 8.76. The van der Waals surface area contributed by atoms with Gasteiger partial charge < -0.3 is 9.47 Å². The van der Waals surface area contributed by atoms with Crippen LogP contribution in [0.5, 0.6) is 5.75 Å². The number of carbonyl (C=O) groups is 1. The van der Waals surface area contributed by atoms with Gasteiger partial charge in [-0.15, -0.1) is 0 Å². The first-order valence-corrected chi connectivity index (χ1v) is 6.27. The average molecular weight is 246 g/mol. The van der Waals surface area contributed by atoms with Crippen molar-refractivity contribution in [3.05, 3.63) is 35.9 Å². The van der Waals surface area contributed by atoms with Gasteiger partial charge in [-0.1, -0.05) is 18.2 Å². The molecule has 2 rings (SSSR count). The zero-order chi connectivity index (χ0) is 13.0. The van der Waals surface area contributed by atoms with Gasteiger partial charge in [0.2, 0.25) is 0 Å². The van der Waals surface area contributed by atoms with Crippen molar-refractivity contribution in [2.24, 2.45) is 5.92 Å². The van der Waals surface area contributed by atoms with Gasteiger partial charge in [0, 0.05) is 0 Å². The van der Waals surface area contributed by atoms with Crippen LogP contribution in [0.2, 0.25) is 0 Å². The molecule has 1 unspecified atom stereocenters. The van der Waals surface area contributed by atoms with E-state index in [1.54, 1.807) is 7.11 Å². The average Bonchev–Trinajstić information content (AvgIpc) is 2.88. The van der Waals surface area contributed by atoms with E-state index in [-0.39, 0.29) is 11.9 Å². The molecule has 0 spiro atoms. The topological polar surface area (TPSA) is 35.5 Å². The summed E-state index contributed by atoms with van der Waals surface area (Å²) in [6, 6.07) is 7.81. The third kappa shape index (κ3) is 2.55. The number of benzene rings is 1. The molecule has 0 saturated carbocycles. The Balaban J connectivity index is 2.23. The van der Waals surface area contributed by atoms with Crippen LogP contribution < -0.4 is 4.74 Å². The summed E-state index contributed by atoms with van der Waals surface area (Å²) >= 11 is 0. The molecular weight excluding hydrogens is 228 g/mol. The molecule has 0 bridgehead atoms. The Morgan fingerprint density at radius 1 is 1.44 bits per heavy atom. The molecule has 1 aliphatic carbocycles. The molecule has 0 N–H and O–H groups in total. The minimum Gasteiger partial charge on any atom is -0.497 e. The molecule has 0 aromatic heterocycles. The number of ether oxygens (including phenoxy) is 2. The van der Waals surface area contributed by atoms with Crippen molar-refractivity contribution < 1.29 is 14.3 Å². The Labute approximate surface area is 107 Å². The van der Waals surface area contributed by atoms with E-state index >= 15 is 0 Å². The van der Waals surface area contributed by atoms with Crippen LogP contribution in [0.25, 0.3) is 5.57 Å². The normalized spacial score (nSPS) is 18.3. The Morgan fingerprint density at radius 2 is 2.28 bits per heavy atom. The molecule has 0 radical (unpaired) electrons. The van der Waals surface area contributed by atoms with Crippen LogP contribution in [0.3, 0.4) is 0 Å². The van der Waals surface area contributed by atoms with Gasteiger partial charge in [0.25, 0.3) is 0 Å². The maximum absolute atomic E-state index is 11.9. The van der Waals surface area contributed by atoms with Crippen molar-refractivity contribution in [3.8, 4) is 5.75 Å². The van der Waals surface area contributed by atoms with Crippen LogP contribution in [0, 0.1) is 5.92 Å². The highest BCUT2D eigenvalue weighted by atomic mass is 16.5. The van der Waals surface area contributed by atoms with E-state index in [4.69, 9.17) is 9.47 Å². The third-order valence-electron chi connectivity index (χ3n) is 3.17. The molecule has 1 aliphatic rings. The predicted octanol–water partition coefficient (Wildman–Crippen LogP) is 3.05. The minimum absolute atomic E-state index is 0.121. The second kappa shape index (κ2) is 5.71. The molecule has 1 aromatic rings. The van der Waals surface area contributed by atoms with Crippen molar-refractivity contribution in [2.45, 2.75) is 19.8 Å². The van der Waals surface area contributed by atoms with Crippen LogP contribution in [-0.4, -0.2) is 19.7 Å². The number of rotatable bonds is 4. The molecule has 0 fully saturated rings. The van der Waals surface area contributed by atoms with E-state index in [9.17, 15) is 4.79 Å². The summed E-state index contributed by atoms with van der Waals surface area (Å²) in [5.41, 5.74) is 2.11. The number of hydrogen-bond acceptors (Lipinski definition) is 3. The lowest BCUT2D eigenvalue weighted by atomic mass is 9.95. The highest BCUT2D eigenvalue weighted by Gasteiger charge is 2.28. The standard InChI is InChI=1S/C15H18O3/c1-3-18-15(16)14-9-5-8-13(14)11-6-4-7-12(10-11)17-2/h4,6-8,10,14H,3,5,9H2,1-2H3. The maximum Gasteiger partial charge on any atom is 0.313 e. The Bertz CT molecular complexity index is 463. The molecule has 0 heterocycles. The van der Waals surface area contributed by atoms with Gasteiger partial charge in [-0.25, -0.2) is 0 Å². The molecular formula is C15H18O3. The van der Waals surface area contributed by atoms with Crippen LogP contribution >= 0.6 is 0 Å². The summed E-state index contributed by atoms with van der Waals surface area (Å²) in [5, 5.41) is 0. The van der Waals surface area contributed by atoms with Gasteiger partial charge in [0.05, 0.1) is 19.6 Å². The van der Waals surface area contributed by atoms with Crippen LogP contribution in [0.1, 0.15) is 25.3 Å². The molecule has 3 nitrogen and oxygen atoms in total. The highest BCUT2D eigenvalue weighted by Crippen LogP contribution is 2.35. The summed E-state index contributed by atoms with van der Waals surface area (Å²) < 4.78 is 10.3. The fraction of sp³-hybridized carbons (Fsp3) is 0.400. The van der Waals surface area contributed by atoms with Crippen molar-refractivity contribution >= 4 is 11.5 Å². The zero-order valence-electron chi connectivity index (χ0n) is 10.8. The molecule has 0 amide bonds. The van der Waals surface area contributed by atoms with E-state index in [1.165, 1.54) is 0 Å². The van der Waals surface area contributed by atoms with Crippen molar-refractivity contribution in [2.75, 3.05) is 13.7 Å². The molecule has 1 aromatic carbocycles. The summed E-state index contributed by atoms with van der Waals surface area (Å²) in [5.74, 6) is 0.559. The first kappa shape index (κ1) is 12.7. The fourth-order valence-corrected chi connectivity index (χ4v) is 2.31. The summed E-state index contributed by atoms with van der Waals surface area (Å²) in [7, 11) is 1.64. The lowest BCUT2D eigenvalue weighted by molar-refractivity contribution is -0.145. The zero-order valence-corrected chi connectivity index (χ0v) is 10.8. The molecule has 18 heavy (non-hydrogen) atoms. The van der Waals surface area contributed by atoms with Gasteiger partial charge in [-0.2, -0.15) is 0 Å². The molecule has 3 heteroatoms. The van der Waals surface area contributed by atoms with E-state index in [0.29, 0.717) is 6.61 Å². The van der Waals surface area contributed by atoms with Crippen LogP contribution in [0.15, 0.2) is 30.3 Å². The van der Waals surface area contributed by atoms with Crippen molar-refractivity contribution in [1.29, 1.82) is 0 Å². The third-order valence-corrected chi connectivity index (χ3v) is 3.17. The van der Waals surface area contributed by atoms with Crippen molar-refractivity contribution in [1.82, 2.24) is 0 Å². The van der Waals surface area contributed by atoms with E-state index in [0.717, 1.165) is 29.7 Å². The lowest BCUT2D eigenvalue weighted by Crippen LogP contribution is -2.16. The van der Waals surface area contributed by atoms with Crippen LogP contribution in [0.4, 0.5) is 0 Å². The number of carbonyl (C=O) groups excluding carboxylic acids is 1. The second-order valence-corrected chi connectivity index (χ2v) is 4.27. The van der Waals surface area contributed by atoms with Gasteiger partial charge in [-0.3, -0.25) is 4.79 Å². The fourth-order valence-electron chi connectivity index (χ4n) is 2.31. The van der Waals surface area contributed by atoms with Gasteiger partial charge >= 0.3 is 5.97 Å². The van der Waals surface area contributed by atoms with Crippen LogP contribution in [-0.2, 0) is 9.53 Å². The highest BCUT2D eigenvalue weighted by molar-refractivity contribution is 5.90. The summed E-state index contributed by atoms with van der Waals surface area (Å²) in [6.07, 6.45) is 3.89. The smallest absolute Gasteiger partial charge is 0.313 e. The molecule has 0 aliphatic heterocycles. The Morgan fingerprint density at radius 3 is 3.00 bits per heavy atom. The summed E-state index contributed by atoms with van der Waals surface area (Å²) in [4.78, 5) is 11.9. The Kier molecular flexibility index (Phi) is 4.03.